The summed E-state index contributed by atoms with van der Waals surface area (Å²) in [5, 5.41) is 8.92. The van der Waals surface area contributed by atoms with Crippen molar-refractivity contribution in [1.82, 2.24) is 0 Å². The Morgan fingerprint density at radius 1 is 1.60 bits per heavy atom. The predicted octanol–water partition coefficient (Wildman–Crippen LogP) is 0.161. The minimum Gasteiger partial charge on any atom is -0.396 e. The molecule has 3 fully saturated rings. The number of ether oxygens (including phenoxy) is 1. The monoisotopic (exact) mass is 138 g/mol. The molecule has 0 aromatic rings. The van der Waals surface area contributed by atoms with Crippen LogP contribution in [0.25, 0.3) is 0 Å². The number of hydrogen-bond acceptors (Lipinski definition) is 2. The number of hydrogen-bond donors (Lipinski definition) is 1. The smallest absolute Gasteiger partial charge is 0.129 e. The average Bonchev–Trinajstić information content (AvgIpc) is 2.40. The summed E-state index contributed by atoms with van der Waals surface area (Å²) < 4.78 is 5.36. The van der Waals surface area contributed by atoms with Gasteiger partial charge in [0.1, 0.15) is 5.60 Å². The van der Waals surface area contributed by atoms with Crippen LogP contribution in [-0.2, 0) is 4.74 Å². The van der Waals surface area contributed by atoms with Gasteiger partial charge in [0.15, 0.2) is 0 Å². The Bertz CT molecular complexity index is 196. The van der Waals surface area contributed by atoms with Crippen LogP contribution in [0.15, 0.2) is 0 Å². The number of fused-ring (bicyclic) bond motifs is 1. The van der Waals surface area contributed by atoms with Gasteiger partial charge in [-0.2, -0.15) is 0 Å². The van der Waals surface area contributed by atoms with E-state index in [0.717, 1.165) is 12.8 Å². The molecule has 1 aliphatic carbocycles. The lowest BCUT2D eigenvalue weighted by Gasteiger charge is -2.39. The Morgan fingerprint density at radius 3 is 2.60 bits per heavy atom. The fourth-order valence-corrected chi connectivity index (χ4v) is 1.96. The molecule has 0 amide bonds. The maximum absolute atomic E-state index is 8.92. The van der Waals surface area contributed by atoms with Crippen LogP contribution in [0.4, 0.5) is 0 Å². The summed E-state index contributed by atoms with van der Waals surface area (Å²) in [6.07, 6.45) is 6.97. The second kappa shape index (κ2) is 1.55. The van der Waals surface area contributed by atoms with Crippen molar-refractivity contribution in [3.8, 4) is 12.3 Å². The topological polar surface area (TPSA) is 29.5 Å². The molecule has 2 heterocycles. The van der Waals surface area contributed by atoms with E-state index in [0.29, 0.717) is 6.61 Å². The molecule has 10 heavy (non-hydrogen) atoms. The van der Waals surface area contributed by atoms with E-state index in [4.69, 9.17) is 16.3 Å². The minimum absolute atomic E-state index is 0.0341. The Labute approximate surface area is 60.2 Å². The summed E-state index contributed by atoms with van der Waals surface area (Å²) in [6, 6.07) is 0. The summed E-state index contributed by atoms with van der Waals surface area (Å²) in [6.45, 7) is 0.865. The van der Waals surface area contributed by atoms with Gasteiger partial charge in [0.2, 0.25) is 0 Å². The zero-order valence-corrected chi connectivity index (χ0v) is 5.76. The Kier molecular flexibility index (Phi) is 0.964. The van der Waals surface area contributed by atoms with E-state index in [1.807, 2.05) is 0 Å². The highest BCUT2D eigenvalue weighted by atomic mass is 16.5. The fourth-order valence-electron chi connectivity index (χ4n) is 1.96. The van der Waals surface area contributed by atoms with Crippen molar-refractivity contribution >= 4 is 0 Å². The summed E-state index contributed by atoms with van der Waals surface area (Å²) >= 11 is 0. The van der Waals surface area contributed by atoms with Crippen molar-refractivity contribution in [2.24, 2.45) is 5.41 Å². The molecule has 2 saturated heterocycles. The first kappa shape index (κ1) is 6.21. The highest BCUT2D eigenvalue weighted by molar-refractivity contribution is 5.24. The molecule has 3 aliphatic rings. The molecule has 2 heteroatoms. The lowest BCUT2D eigenvalue weighted by molar-refractivity contribution is 0.0213. The fraction of sp³-hybridized carbons (Fsp3) is 0.750. The van der Waals surface area contributed by atoms with Crippen LogP contribution in [0.3, 0.4) is 0 Å². The predicted molar refractivity (Wildman–Crippen MR) is 36.3 cm³/mol. The van der Waals surface area contributed by atoms with E-state index in [1.54, 1.807) is 0 Å². The molecule has 0 spiro atoms. The second-order valence-electron chi connectivity index (χ2n) is 3.44. The van der Waals surface area contributed by atoms with Gasteiger partial charge in [-0.25, -0.2) is 0 Å². The lowest BCUT2D eigenvalue weighted by Crippen LogP contribution is -2.45. The van der Waals surface area contributed by atoms with Crippen LogP contribution in [0.2, 0.25) is 0 Å². The van der Waals surface area contributed by atoms with Gasteiger partial charge in [0, 0.05) is 5.41 Å². The average molecular weight is 138 g/mol. The van der Waals surface area contributed by atoms with E-state index in [2.05, 4.69) is 5.92 Å². The number of terminal acetylenes is 1. The first-order chi connectivity index (χ1) is 4.74. The van der Waals surface area contributed by atoms with Gasteiger partial charge in [0.05, 0.1) is 13.2 Å². The third-order valence-electron chi connectivity index (χ3n) is 2.57. The molecule has 54 valence electrons. The van der Waals surface area contributed by atoms with Crippen LogP contribution < -0.4 is 0 Å². The zero-order valence-electron chi connectivity index (χ0n) is 5.76. The molecule has 0 unspecified atom stereocenters. The molecule has 0 radical (unpaired) electrons. The number of rotatable bonds is 1. The maximum atomic E-state index is 8.92. The Morgan fingerprint density at radius 2 is 2.30 bits per heavy atom. The highest BCUT2D eigenvalue weighted by Crippen LogP contribution is 2.56. The van der Waals surface area contributed by atoms with Crippen LogP contribution in [-0.4, -0.2) is 23.9 Å². The van der Waals surface area contributed by atoms with Crippen LogP contribution in [0, 0.1) is 17.8 Å². The van der Waals surface area contributed by atoms with E-state index >= 15 is 0 Å². The van der Waals surface area contributed by atoms with E-state index < -0.39 is 0 Å². The molecule has 3 rings (SSSR count). The highest BCUT2D eigenvalue weighted by Gasteiger charge is 2.61. The standard InChI is InChI=1S/C8H10O2/c1-2-8-3-7(4-8,5-9)6-10-8/h1,9H,3-6H2. The van der Waals surface area contributed by atoms with E-state index in [1.165, 1.54) is 0 Å². The molecule has 2 bridgehead atoms. The van der Waals surface area contributed by atoms with E-state index in [-0.39, 0.29) is 17.6 Å². The quantitative estimate of drug-likeness (QED) is 0.523. The van der Waals surface area contributed by atoms with Gasteiger partial charge in [-0.05, 0) is 12.8 Å². The van der Waals surface area contributed by atoms with Gasteiger partial charge >= 0.3 is 0 Å². The second-order valence-corrected chi connectivity index (χ2v) is 3.44. The molecule has 2 nitrogen and oxygen atoms in total. The molecule has 0 aromatic carbocycles. The molecular formula is C8H10O2. The summed E-state index contributed by atoms with van der Waals surface area (Å²) in [7, 11) is 0. The van der Waals surface area contributed by atoms with Crippen LogP contribution >= 0.6 is 0 Å². The molecule has 1 N–H and O–H groups in total. The molecule has 0 aromatic heterocycles. The van der Waals surface area contributed by atoms with Gasteiger partial charge in [-0.1, -0.05) is 5.92 Å². The summed E-state index contributed by atoms with van der Waals surface area (Å²) in [5.74, 6) is 2.63. The van der Waals surface area contributed by atoms with Crippen molar-refractivity contribution in [3.05, 3.63) is 0 Å². The summed E-state index contributed by atoms with van der Waals surface area (Å²) in [5.41, 5.74) is -0.255. The largest absolute Gasteiger partial charge is 0.396 e. The van der Waals surface area contributed by atoms with Crippen molar-refractivity contribution in [2.45, 2.75) is 18.4 Å². The zero-order chi connectivity index (χ0) is 7.24. The molecular weight excluding hydrogens is 128 g/mol. The van der Waals surface area contributed by atoms with Crippen LogP contribution in [0.1, 0.15) is 12.8 Å². The molecule has 0 atom stereocenters. The Balaban J connectivity index is 2.15. The molecule has 2 aliphatic heterocycles. The van der Waals surface area contributed by atoms with Gasteiger partial charge in [-0.3, -0.25) is 0 Å². The number of aliphatic hydroxyl groups excluding tert-OH is 1. The third-order valence-corrected chi connectivity index (χ3v) is 2.57. The normalized spacial score (nSPS) is 50.0. The first-order valence-electron chi connectivity index (χ1n) is 3.47. The number of aliphatic hydroxyl groups is 1. The van der Waals surface area contributed by atoms with Crippen molar-refractivity contribution < 1.29 is 9.84 Å². The first-order valence-corrected chi connectivity index (χ1v) is 3.47. The van der Waals surface area contributed by atoms with Crippen molar-refractivity contribution in [1.29, 1.82) is 0 Å². The SMILES string of the molecule is C#CC12CC(CO)(CO1)C2. The Hall–Kier alpha value is -0.520. The van der Waals surface area contributed by atoms with Crippen LogP contribution in [0.5, 0.6) is 0 Å². The van der Waals surface area contributed by atoms with Gasteiger partial charge < -0.3 is 9.84 Å². The lowest BCUT2D eigenvalue weighted by atomic mass is 9.63. The minimum atomic E-state index is -0.289. The van der Waals surface area contributed by atoms with Crippen molar-refractivity contribution in [2.75, 3.05) is 13.2 Å². The third kappa shape index (κ3) is 0.524. The maximum Gasteiger partial charge on any atom is 0.129 e. The van der Waals surface area contributed by atoms with Gasteiger partial charge in [-0.15, -0.1) is 6.42 Å². The van der Waals surface area contributed by atoms with E-state index in [9.17, 15) is 0 Å². The van der Waals surface area contributed by atoms with Crippen molar-refractivity contribution in [3.63, 3.8) is 0 Å². The van der Waals surface area contributed by atoms with Gasteiger partial charge in [0.25, 0.3) is 0 Å². The molecule has 1 saturated carbocycles. The summed E-state index contributed by atoms with van der Waals surface area (Å²) in [4.78, 5) is 0.